The molecule has 4 heteroatoms. The predicted octanol–water partition coefficient (Wildman–Crippen LogP) is 1.88. The summed E-state index contributed by atoms with van der Waals surface area (Å²) in [5.41, 5.74) is -0.908. The number of carbonyl (C=O) groups excluding carboxylic acids is 2. The van der Waals surface area contributed by atoms with E-state index in [0.29, 0.717) is 12.3 Å². The van der Waals surface area contributed by atoms with Crippen LogP contribution in [0.2, 0.25) is 0 Å². The summed E-state index contributed by atoms with van der Waals surface area (Å²) in [6.07, 6.45) is 2.71. The van der Waals surface area contributed by atoms with Gasteiger partial charge in [-0.3, -0.25) is 4.79 Å². The number of hydrogen-bond donors (Lipinski definition) is 1. The number of ether oxygens (including phenoxy) is 1. The number of carbonyl (C=O) groups is 2. The van der Waals surface area contributed by atoms with E-state index in [4.69, 9.17) is 4.74 Å². The van der Waals surface area contributed by atoms with Gasteiger partial charge in [-0.1, -0.05) is 26.7 Å². The molecule has 0 fully saturated rings. The number of hydrogen-bond acceptors (Lipinski definition) is 3. The molecule has 1 N–H and O–H groups in total. The fraction of sp³-hybridized carbons (Fsp3) is 0.833. The van der Waals surface area contributed by atoms with Crippen LogP contribution in [-0.4, -0.2) is 24.5 Å². The molecule has 0 aromatic carbocycles. The highest BCUT2D eigenvalue weighted by molar-refractivity contribution is 5.86. The summed E-state index contributed by atoms with van der Waals surface area (Å²) in [7, 11) is 1.34. The average Bonchev–Trinajstić information content (AvgIpc) is 2.15. The molecule has 0 aromatic rings. The molecule has 94 valence electrons. The molecule has 1 amide bonds. The van der Waals surface area contributed by atoms with Crippen LogP contribution in [0.3, 0.4) is 0 Å². The van der Waals surface area contributed by atoms with Crippen LogP contribution in [0.5, 0.6) is 0 Å². The standard InChI is InChI=1S/C12H23NO3/c1-6-7-9(2)8-12(4,11(15)16-5)13-10(3)14/h9H,6-8H2,1-5H3,(H,13,14). The summed E-state index contributed by atoms with van der Waals surface area (Å²) >= 11 is 0. The number of esters is 1. The topological polar surface area (TPSA) is 55.4 Å². The first-order chi connectivity index (χ1) is 7.35. The molecule has 2 atom stereocenters. The maximum absolute atomic E-state index is 11.7. The van der Waals surface area contributed by atoms with Crippen molar-refractivity contribution >= 4 is 11.9 Å². The van der Waals surface area contributed by atoms with Gasteiger partial charge in [0.2, 0.25) is 5.91 Å². The number of rotatable bonds is 6. The van der Waals surface area contributed by atoms with Crippen LogP contribution >= 0.6 is 0 Å². The Morgan fingerprint density at radius 3 is 2.38 bits per heavy atom. The van der Waals surface area contributed by atoms with Gasteiger partial charge in [0.1, 0.15) is 5.54 Å². The van der Waals surface area contributed by atoms with Gasteiger partial charge in [-0.2, -0.15) is 0 Å². The Balaban J connectivity index is 4.65. The van der Waals surface area contributed by atoms with Gasteiger partial charge in [0, 0.05) is 6.92 Å². The van der Waals surface area contributed by atoms with E-state index in [1.54, 1.807) is 6.92 Å². The van der Waals surface area contributed by atoms with Crippen LogP contribution in [0.4, 0.5) is 0 Å². The van der Waals surface area contributed by atoms with E-state index >= 15 is 0 Å². The maximum atomic E-state index is 11.7. The molecule has 0 saturated heterocycles. The molecule has 0 radical (unpaired) electrons. The highest BCUT2D eigenvalue weighted by Crippen LogP contribution is 2.21. The monoisotopic (exact) mass is 229 g/mol. The maximum Gasteiger partial charge on any atom is 0.331 e. The van der Waals surface area contributed by atoms with Crippen molar-refractivity contribution in [1.29, 1.82) is 0 Å². The fourth-order valence-corrected chi connectivity index (χ4v) is 2.09. The zero-order chi connectivity index (χ0) is 12.8. The lowest BCUT2D eigenvalue weighted by molar-refractivity contribution is -0.150. The van der Waals surface area contributed by atoms with Gasteiger partial charge in [0.05, 0.1) is 7.11 Å². The van der Waals surface area contributed by atoms with E-state index in [0.717, 1.165) is 12.8 Å². The zero-order valence-electron chi connectivity index (χ0n) is 10.9. The Bertz CT molecular complexity index is 253. The second kappa shape index (κ2) is 6.51. The molecule has 2 unspecified atom stereocenters. The van der Waals surface area contributed by atoms with Crippen LogP contribution < -0.4 is 5.32 Å². The van der Waals surface area contributed by atoms with Gasteiger partial charge in [0.25, 0.3) is 0 Å². The molecule has 0 rings (SSSR count). The summed E-state index contributed by atoms with van der Waals surface area (Å²) in [6.45, 7) is 7.30. The second-order valence-corrected chi connectivity index (χ2v) is 4.60. The first kappa shape index (κ1) is 14.9. The molecular weight excluding hydrogens is 206 g/mol. The van der Waals surface area contributed by atoms with Crippen LogP contribution in [0.15, 0.2) is 0 Å². The highest BCUT2D eigenvalue weighted by Gasteiger charge is 2.36. The summed E-state index contributed by atoms with van der Waals surface area (Å²) in [5.74, 6) is -0.219. The van der Waals surface area contributed by atoms with Gasteiger partial charge >= 0.3 is 5.97 Å². The first-order valence-corrected chi connectivity index (χ1v) is 5.73. The van der Waals surface area contributed by atoms with Crippen LogP contribution in [0.1, 0.15) is 47.0 Å². The molecule has 0 bridgehead atoms. The summed E-state index contributed by atoms with van der Waals surface area (Å²) in [6, 6.07) is 0. The van der Waals surface area contributed by atoms with Crippen molar-refractivity contribution in [3.05, 3.63) is 0 Å². The van der Waals surface area contributed by atoms with Crippen molar-refractivity contribution in [1.82, 2.24) is 5.32 Å². The van der Waals surface area contributed by atoms with Crippen molar-refractivity contribution in [2.24, 2.45) is 5.92 Å². The largest absolute Gasteiger partial charge is 0.467 e. The third-order valence-corrected chi connectivity index (χ3v) is 2.63. The van der Waals surface area contributed by atoms with E-state index in [9.17, 15) is 9.59 Å². The molecule has 0 aliphatic heterocycles. The molecule has 0 aliphatic carbocycles. The number of methoxy groups -OCH3 is 1. The van der Waals surface area contributed by atoms with Crippen molar-refractivity contribution < 1.29 is 14.3 Å². The van der Waals surface area contributed by atoms with Crippen LogP contribution in [0.25, 0.3) is 0 Å². The Morgan fingerprint density at radius 2 is 2.00 bits per heavy atom. The van der Waals surface area contributed by atoms with Crippen LogP contribution in [0, 0.1) is 5.92 Å². The van der Waals surface area contributed by atoms with Crippen molar-refractivity contribution in [2.75, 3.05) is 7.11 Å². The summed E-state index contributed by atoms with van der Waals surface area (Å²) in [4.78, 5) is 22.8. The van der Waals surface area contributed by atoms with Gasteiger partial charge < -0.3 is 10.1 Å². The summed E-state index contributed by atoms with van der Waals surface area (Å²) in [5, 5.41) is 2.68. The van der Waals surface area contributed by atoms with E-state index in [-0.39, 0.29) is 11.9 Å². The Kier molecular flexibility index (Phi) is 6.08. The third kappa shape index (κ3) is 4.64. The van der Waals surface area contributed by atoms with Crippen molar-refractivity contribution in [2.45, 2.75) is 52.5 Å². The lowest BCUT2D eigenvalue weighted by atomic mass is 9.87. The molecule has 0 aliphatic rings. The molecule has 4 nitrogen and oxygen atoms in total. The van der Waals surface area contributed by atoms with Crippen molar-refractivity contribution in [3.8, 4) is 0 Å². The van der Waals surface area contributed by atoms with Gasteiger partial charge in [-0.25, -0.2) is 4.79 Å². The molecular formula is C12H23NO3. The highest BCUT2D eigenvalue weighted by atomic mass is 16.5. The van der Waals surface area contributed by atoms with E-state index < -0.39 is 5.54 Å². The molecule has 0 saturated carbocycles. The summed E-state index contributed by atoms with van der Waals surface area (Å²) < 4.78 is 4.74. The third-order valence-electron chi connectivity index (χ3n) is 2.63. The van der Waals surface area contributed by atoms with Crippen LogP contribution in [-0.2, 0) is 14.3 Å². The smallest absolute Gasteiger partial charge is 0.331 e. The van der Waals surface area contributed by atoms with Crippen molar-refractivity contribution in [3.63, 3.8) is 0 Å². The van der Waals surface area contributed by atoms with Gasteiger partial charge in [0.15, 0.2) is 0 Å². The second-order valence-electron chi connectivity index (χ2n) is 4.60. The fourth-order valence-electron chi connectivity index (χ4n) is 2.09. The Hall–Kier alpha value is -1.06. The lowest BCUT2D eigenvalue weighted by Gasteiger charge is -2.30. The molecule has 0 heterocycles. The van der Waals surface area contributed by atoms with E-state index in [2.05, 4.69) is 19.2 Å². The van der Waals surface area contributed by atoms with E-state index in [1.165, 1.54) is 14.0 Å². The minimum atomic E-state index is -0.908. The lowest BCUT2D eigenvalue weighted by Crippen LogP contribution is -2.53. The molecule has 16 heavy (non-hydrogen) atoms. The van der Waals surface area contributed by atoms with Gasteiger partial charge in [-0.15, -0.1) is 0 Å². The van der Waals surface area contributed by atoms with E-state index in [1.807, 2.05) is 0 Å². The van der Waals surface area contributed by atoms with Gasteiger partial charge in [-0.05, 0) is 19.3 Å². The minimum absolute atomic E-state index is 0.211. The Morgan fingerprint density at radius 1 is 1.44 bits per heavy atom. The first-order valence-electron chi connectivity index (χ1n) is 5.73. The predicted molar refractivity (Wildman–Crippen MR) is 62.9 cm³/mol. The number of amides is 1. The minimum Gasteiger partial charge on any atom is -0.467 e. The zero-order valence-corrected chi connectivity index (χ0v) is 10.9. The average molecular weight is 229 g/mol. The normalized spacial score (nSPS) is 16.1. The Labute approximate surface area is 97.7 Å². The quantitative estimate of drug-likeness (QED) is 0.707. The molecule has 0 spiro atoms. The molecule has 0 aromatic heterocycles. The number of nitrogens with one attached hydrogen (secondary N) is 1. The SMILES string of the molecule is CCCC(C)CC(C)(NC(C)=O)C(=O)OC.